The molecule has 1 unspecified atom stereocenters. The average molecular weight is 363 g/mol. The fraction of sp³-hybridized carbons (Fsp3) is 0.118. The van der Waals surface area contributed by atoms with Crippen molar-refractivity contribution in [3.63, 3.8) is 0 Å². The number of aliphatic imine (C=N–C) groups is 1. The third-order valence-corrected chi connectivity index (χ3v) is 3.35. The highest BCUT2D eigenvalue weighted by molar-refractivity contribution is 9.12. The molecule has 5 heteroatoms. The Kier molecular flexibility index (Phi) is 5.68. The van der Waals surface area contributed by atoms with E-state index in [1.165, 1.54) is 0 Å². The predicted octanol–water partition coefficient (Wildman–Crippen LogP) is 4.45. The van der Waals surface area contributed by atoms with Crippen LogP contribution in [0.3, 0.4) is 0 Å². The molecule has 0 saturated heterocycles. The SMILES string of the molecule is Nc1ccccc1C=NC(CC#CBr)c1cc(F)ccc1F. The maximum atomic E-state index is 13.9. The predicted molar refractivity (Wildman–Crippen MR) is 88.9 cm³/mol. The Bertz CT molecular complexity index is 748. The Labute approximate surface area is 136 Å². The largest absolute Gasteiger partial charge is 0.398 e. The van der Waals surface area contributed by atoms with Crippen molar-refractivity contribution >= 4 is 27.8 Å². The molecule has 2 N–H and O–H groups in total. The van der Waals surface area contributed by atoms with Gasteiger partial charge in [0.1, 0.15) is 11.6 Å². The first-order valence-electron chi connectivity index (χ1n) is 6.53. The van der Waals surface area contributed by atoms with E-state index in [4.69, 9.17) is 5.73 Å². The van der Waals surface area contributed by atoms with Crippen LogP contribution in [0.4, 0.5) is 14.5 Å². The second kappa shape index (κ2) is 7.71. The van der Waals surface area contributed by atoms with Crippen molar-refractivity contribution in [3.8, 4) is 10.8 Å². The van der Waals surface area contributed by atoms with Crippen LogP contribution >= 0.6 is 15.9 Å². The molecule has 0 aliphatic heterocycles. The number of rotatable bonds is 4. The second-order valence-electron chi connectivity index (χ2n) is 4.56. The van der Waals surface area contributed by atoms with Crippen molar-refractivity contribution in [2.75, 3.05) is 5.73 Å². The topological polar surface area (TPSA) is 38.4 Å². The van der Waals surface area contributed by atoms with E-state index in [1.807, 2.05) is 12.1 Å². The van der Waals surface area contributed by atoms with E-state index in [-0.39, 0.29) is 12.0 Å². The standard InChI is InChI=1S/C17H13BrF2N2/c18-9-3-6-17(14-10-13(19)7-8-15(14)20)22-11-12-4-1-2-5-16(12)21/h1-2,4-5,7-8,10-11,17H,6,21H2. The molecule has 0 aliphatic rings. The molecule has 1 atom stereocenters. The smallest absolute Gasteiger partial charge is 0.128 e. The Morgan fingerprint density at radius 1 is 1.23 bits per heavy atom. The summed E-state index contributed by atoms with van der Waals surface area (Å²) < 4.78 is 27.3. The Hall–Kier alpha value is -2.19. The number of hydrogen-bond acceptors (Lipinski definition) is 2. The third kappa shape index (κ3) is 4.15. The molecule has 0 radical (unpaired) electrons. The van der Waals surface area contributed by atoms with Crippen LogP contribution in [0.25, 0.3) is 0 Å². The third-order valence-electron chi connectivity index (χ3n) is 3.07. The molecule has 2 nitrogen and oxygen atoms in total. The van der Waals surface area contributed by atoms with Crippen molar-refractivity contribution in [1.29, 1.82) is 0 Å². The monoisotopic (exact) mass is 362 g/mol. The first-order chi connectivity index (χ1) is 10.6. The van der Waals surface area contributed by atoms with Crippen molar-refractivity contribution in [2.45, 2.75) is 12.5 Å². The van der Waals surface area contributed by atoms with Gasteiger partial charge in [-0.15, -0.1) is 0 Å². The lowest BCUT2D eigenvalue weighted by Crippen LogP contribution is -2.01. The van der Waals surface area contributed by atoms with Gasteiger partial charge >= 0.3 is 0 Å². The van der Waals surface area contributed by atoms with Gasteiger partial charge in [0, 0.05) is 45.4 Å². The van der Waals surface area contributed by atoms with Crippen molar-refractivity contribution in [1.82, 2.24) is 0 Å². The van der Waals surface area contributed by atoms with E-state index in [2.05, 4.69) is 31.7 Å². The Morgan fingerprint density at radius 3 is 2.73 bits per heavy atom. The number of nitrogens with two attached hydrogens (primary N) is 1. The summed E-state index contributed by atoms with van der Waals surface area (Å²) in [7, 11) is 0. The van der Waals surface area contributed by atoms with E-state index < -0.39 is 17.7 Å². The molecular weight excluding hydrogens is 350 g/mol. The molecule has 0 bridgehead atoms. The number of nitrogens with zero attached hydrogens (tertiary/aromatic N) is 1. The maximum Gasteiger partial charge on any atom is 0.128 e. The van der Waals surface area contributed by atoms with Gasteiger partial charge in [0.15, 0.2) is 0 Å². The molecule has 0 spiro atoms. The van der Waals surface area contributed by atoms with Crippen LogP contribution in [0.5, 0.6) is 0 Å². The molecule has 112 valence electrons. The second-order valence-corrected chi connectivity index (χ2v) is 4.96. The molecule has 2 rings (SSSR count). The van der Waals surface area contributed by atoms with Gasteiger partial charge in [-0.25, -0.2) is 8.78 Å². The van der Waals surface area contributed by atoms with Gasteiger partial charge < -0.3 is 5.73 Å². The summed E-state index contributed by atoms with van der Waals surface area (Å²) in [4.78, 5) is 6.89. The molecule has 0 fully saturated rings. The van der Waals surface area contributed by atoms with Gasteiger partial charge in [0.25, 0.3) is 0 Å². The number of nitrogen functional groups attached to an aromatic ring is 1. The zero-order valence-corrected chi connectivity index (χ0v) is 13.1. The lowest BCUT2D eigenvalue weighted by Gasteiger charge is -2.11. The summed E-state index contributed by atoms with van der Waals surface area (Å²) >= 11 is 2.99. The van der Waals surface area contributed by atoms with E-state index in [0.29, 0.717) is 5.69 Å². The van der Waals surface area contributed by atoms with Crippen LogP contribution in [0.15, 0.2) is 47.5 Å². The highest BCUT2D eigenvalue weighted by Gasteiger charge is 2.14. The minimum absolute atomic E-state index is 0.168. The fourth-order valence-electron chi connectivity index (χ4n) is 1.95. The van der Waals surface area contributed by atoms with Crippen molar-refractivity contribution < 1.29 is 8.78 Å². The van der Waals surface area contributed by atoms with Gasteiger partial charge in [-0.1, -0.05) is 24.1 Å². The summed E-state index contributed by atoms with van der Waals surface area (Å²) in [5.41, 5.74) is 7.29. The lowest BCUT2D eigenvalue weighted by molar-refractivity contribution is 0.566. The van der Waals surface area contributed by atoms with Gasteiger partial charge in [0.2, 0.25) is 0 Å². The van der Waals surface area contributed by atoms with Gasteiger partial charge in [-0.3, -0.25) is 4.99 Å². The summed E-state index contributed by atoms with van der Waals surface area (Å²) in [5.74, 6) is 1.75. The number of para-hydroxylation sites is 1. The van der Waals surface area contributed by atoms with Crippen molar-refractivity contribution in [3.05, 3.63) is 65.2 Å². The quantitative estimate of drug-likeness (QED) is 0.486. The van der Waals surface area contributed by atoms with Gasteiger partial charge in [-0.2, -0.15) is 0 Å². The molecule has 0 amide bonds. The zero-order valence-electron chi connectivity index (χ0n) is 11.6. The normalized spacial score (nSPS) is 12.0. The van der Waals surface area contributed by atoms with Crippen LogP contribution < -0.4 is 5.73 Å². The Morgan fingerprint density at radius 2 is 2.00 bits per heavy atom. The van der Waals surface area contributed by atoms with Gasteiger partial charge in [0.05, 0.1) is 6.04 Å². The van der Waals surface area contributed by atoms with E-state index in [0.717, 1.165) is 23.8 Å². The minimum Gasteiger partial charge on any atom is -0.398 e. The molecular formula is C17H13BrF2N2. The number of anilines is 1. The first-order valence-corrected chi connectivity index (χ1v) is 7.32. The van der Waals surface area contributed by atoms with E-state index in [1.54, 1.807) is 18.3 Å². The molecule has 0 aromatic heterocycles. The summed E-state index contributed by atoms with van der Waals surface area (Å²) in [6.07, 6.45) is 1.81. The number of halogens is 3. The van der Waals surface area contributed by atoms with Crippen LogP contribution in [0.1, 0.15) is 23.6 Å². The summed E-state index contributed by atoms with van der Waals surface area (Å²) in [6, 6.07) is 9.88. The molecule has 2 aromatic rings. The van der Waals surface area contributed by atoms with Crippen LogP contribution in [0.2, 0.25) is 0 Å². The average Bonchev–Trinajstić information content (AvgIpc) is 2.52. The zero-order chi connectivity index (χ0) is 15.9. The first kappa shape index (κ1) is 16.2. The minimum atomic E-state index is -0.611. The van der Waals surface area contributed by atoms with Crippen LogP contribution in [-0.4, -0.2) is 6.21 Å². The van der Waals surface area contributed by atoms with Crippen molar-refractivity contribution in [2.24, 2.45) is 4.99 Å². The molecule has 22 heavy (non-hydrogen) atoms. The maximum absolute atomic E-state index is 13.9. The van der Waals surface area contributed by atoms with E-state index >= 15 is 0 Å². The van der Waals surface area contributed by atoms with E-state index in [9.17, 15) is 8.78 Å². The molecule has 0 saturated carbocycles. The molecule has 0 heterocycles. The highest BCUT2D eigenvalue weighted by atomic mass is 79.9. The number of hydrogen-bond donors (Lipinski definition) is 1. The lowest BCUT2D eigenvalue weighted by atomic mass is 10.0. The Balaban J connectivity index is 2.35. The summed E-state index contributed by atoms with van der Waals surface area (Å²) in [5, 5.41) is 0. The van der Waals surface area contributed by atoms with Crippen LogP contribution in [-0.2, 0) is 0 Å². The van der Waals surface area contributed by atoms with Crippen LogP contribution in [0, 0.1) is 22.4 Å². The number of benzene rings is 2. The molecule has 2 aromatic carbocycles. The highest BCUT2D eigenvalue weighted by Crippen LogP contribution is 2.25. The molecule has 0 aliphatic carbocycles. The fourth-order valence-corrected chi connectivity index (χ4v) is 2.11. The van der Waals surface area contributed by atoms with Gasteiger partial charge in [-0.05, 0) is 29.1 Å². The summed E-state index contributed by atoms with van der Waals surface area (Å²) in [6.45, 7) is 0.